The van der Waals surface area contributed by atoms with Crippen LogP contribution in [-0.4, -0.2) is 85.3 Å². The lowest BCUT2D eigenvalue weighted by Gasteiger charge is -2.36. The molecule has 0 radical (unpaired) electrons. The number of piperazine rings is 1. The van der Waals surface area contributed by atoms with E-state index in [0.29, 0.717) is 56.3 Å². The lowest BCUT2D eigenvalue weighted by molar-refractivity contribution is -0.141. The van der Waals surface area contributed by atoms with Crippen LogP contribution in [0.5, 0.6) is 11.5 Å². The Morgan fingerprint density at radius 2 is 1.76 bits per heavy atom. The average Bonchev–Trinajstić information content (AvgIpc) is 2.86. The van der Waals surface area contributed by atoms with Crippen molar-refractivity contribution in [2.75, 3.05) is 58.4 Å². The van der Waals surface area contributed by atoms with Gasteiger partial charge in [-0.05, 0) is 37.1 Å². The molecule has 2 aromatic rings. The molecule has 9 heteroatoms. The van der Waals surface area contributed by atoms with E-state index in [1.807, 2.05) is 56.0 Å². The number of amides is 2. The van der Waals surface area contributed by atoms with Crippen molar-refractivity contribution >= 4 is 17.6 Å². The molecule has 0 atom stereocenters. The van der Waals surface area contributed by atoms with Crippen LogP contribution in [0.25, 0.3) is 11.3 Å². The Morgan fingerprint density at radius 3 is 2.32 bits per heavy atom. The van der Waals surface area contributed by atoms with Crippen molar-refractivity contribution in [1.29, 1.82) is 0 Å². The fourth-order valence-electron chi connectivity index (χ4n) is 3.95. The maximum Gasteiger partial charge on any atom is 0.242 e. The summed E-state index contributed by atoms with van der Waals surface area (Å²) in [5, 5.41) is 8.81. The van der Waals surface area contributed by atoms with E-state index in [9.17, 15) is 9.59 Å². The normalized spacial score (nSPS) is 13.7. The molecule has 0 N–H and O–H groups in total. The Bertz CT molecular complexity index is 972. The Kier molecular flexibility index (Phi) is 8.67. The number of methoxy groups -OCH3 is 2. The molecule has 34 heavy (non-hydrogen) atoms. The lowest BCUT2D eigenvalue weighted by Crippen LogP contribution is -2.52. The van der Waals surface area contributed by atoms with Crippen molar-refractivity contribution < 1.29 is 19.1 Å². The molecule has 184 valence electrons. The van der Waals surface area contributed by atoms with Gasteiger partial charge in [0, 0.05) is 50.8 Å². The zero-order chi connectivity index (χ0) is 24.7. The molecule has 1 aliphatic rings. The minimum Gasteiger partial charge on any atom is -0.497 e. The van der Waals surface area contributed by atoms with Gasteiger partial charge < -0.3 is 24.2 Å². The number of carbonyl (C=O) groups excluding carboxylic acids is 2. The predicted octanol–water partition coefficient (Wildman–Crippen LogP) is 2.70. The summed E-state index contributed by atoms with van der Waals surface area (Å²) < 4.78 is 10.7. The van der Waals surface area contributed by atoms with Crippen LogP contribution in [0, 0.1) is 5.92 Å². The molecule has 0 unspecified atom stereocenters. The number of hydrogen-bond donors (Lipinski definition) is 0. The molecule has 1 aromatic carbocycles. The SMILES string of the molecule is CCN(CC(=O)N1CCN(c2ccc(-c3ccc(OC)cc3OC)nn2)CC1)C(=O)CC(C)C. The average molecular weight is 470 g/mol. The van der Waals surface area contributed by atoms with Crippen molar-refractivity contribution in [3.8, 4) is 22.8 Å². The van der Waals surface area contributed by atoms with Crippen molar-refractivity contribution in [3.05, 3.63) is 30.3 Å². The van der Waals surface area contributed by atoms with Crippen molar-refractivity contribution in [2.24, 2.45) is 5.92 Å². The van der Waals surface area contributed by atoms with Crippen molar-refractivity contribution in [2.45, 2.75) is 27.2 Å². The van der Waals surface area contributed by atoms with E-state index in [1.54, 1.807) is 19.1 Å². The highest BCUT2D eigenvalue weighted by Gasteiger charge is 2.25. The lowest BCUT2D eigenvalue weighted by atomic mass is 10.1. The van der Waals surface area contributed by atoms with Gasteiger partial charge in [-0.1, -0.05) is 13.8 Å². The number of nitrogens with zero attached hydrogens (tertiary/aromatic N) is 5. The minimum atomic E-state index is -0.00774. The van der Waals surface area contributed by atoms with E-state index < -0.39 is 0 Å². The molecule has 2 amide bonds. The van der Waals surface area contributed by atoms with Crippen LogP contribution in [0.1, 0.15) is 27.2 Å². The first kappa shape index (κ1) is 25.3. The summed E-state index contributed by atoms with van der Waals surface area (Å²) in [5.41, 5.74) is 1.55. The Labute approximate surface area is 201 Å². The van der Waals surface area contributed by atoms with Gasteiger partial charge in [-0.3, -0.25) is 9.59 Å². The molecule has 1 saturated heterocycles. The van der Waals surface area contributed by atoms with Gasteiger partial charge in [0.1, 0.15) is 11.5 Å². The minimum absolute atomic E-state index is 0.00774. The third-order valence-electron chi connectivity index (χ3n) is 5.93. The molecule has 1 aliphatic heterocycles. The second kappa shape index (κ2) is 11.7. The predicted molar refractivity (Wildman–Crippen MR) is 131 cm³/mol. The standard InChI is InChI=1S/C25H35N5O4/c1-6-28(24(31)15-18(2)3)17-25(32)30-13-11-29(12-14-30)23-10-9-21(26-27-23)20-8-7-19(33-4)16-22(20)34-5/h7-10,16,18H,6,11-15,17H2,1-5H3. The molecule has 0 spiro atoms. The number of carbonyl (C=O) groups is 2. The van der Waals surface area contributed by atoms with Gasteiger partial charge in [0.25, 0.3) is 0 Å². The zero-order valence-electron chi connectivity index (χ0n) is 20.8. The first-order chi connectivity index (χ1) is 16.4. The highest BCUT2D eigenvalue weighted by atomic mass is 16.5. The van der Waals surface area contributed by atoms with Crippen LogP contribution in [0.15, 0.2) is 30.3 Å². The van der Waals surface area contributed by atoms with Crippen LogP contribution < -0.4 is 14.4 Å². The number of likely N-dealkylation sites (N-methyl/N-ethyl adjacent to an activating group) is 1. The Morgan fingerprint density at radius 1 is 1.03 bits per heavy atom. The molecule has 0 saturated carbocycles. The van der Waals surface area contributed by atoms with Crippen molar-refractivity contribution in [3.63, 3.8) is 0 Å². The maximum atomic E-state index is 12.8. The molecule has 9 nitrogen and oxygen atoms in total. The van der Waals surface area contributed by atoms with E-state index >= 15 is 0 Å². The van der Waals surface area contributed by atoms with E-state index in [2.05, 4.69) is 15.1 Å². The first-order valence-electron chi connectivity index (χ1n) is 11.7. The summed E-state index contributed by atoms with van der Waals surface area (Å²) >= 11 is 0. The highest BCUT2D eigenvalue weighted by Crippen LogP contribution is 2.32. The summed E-state index contributed by atoms with van der Waals surface area (Å²) in [6.45, 7) is 9.11. The van der Waals surface area contributed by atoms with E-state index in [0.717, 1.165) is 11.4 Å². The Balaban J connectivity index is 1.58. The summed E-state index contributed by atoms with van der Waals surface area (Å²) in [4.78, 5) is 30.7. The quantitative estimate of drug-likeness (QED) is 0.558. The topological polar surface area (TPSA) is 88.1 Å². The monoisotopic (exact) mass is 469 g/mol. The molecular weight excluding hydrogens is 434 g/mol. The van der Waals surface area contributed by atoms with Crippen LogP contribution in [-0.2, 0) is 9.59 Å². The highest BCUT2D eigenvalue weighted by molar-refractivity contribution is 5.85. The maximum absolute atomic E-state index is 12.8. The van der Waals surface area contributed by atoms with E-state index in [1.165, 1.54) is 0 Å². The smallest absolute Gasteiger partial charge is 0.242 e. The van der Waals surface area contributed by atoms with Crippen LogP contribution in [0.4, 0.5) is 5.82 Å². The molecule has 3 rings (SSSR count). The first-order valence-corrected chi connectivity index (χ1v) is 11.7. The van der Waals surface area contributed by atoms with E-state index in [4.69, 9.17) is 9.47 Å². The summed E-state index contributed by atoms with van der Waals surface area (Å²) in [5.74, 6) is 2.45. The van der Waals surface area contributed by atoms with Crippen LogP contribution >= 0.6 is 0 Å². The van der Waals surface area contributed by atoms with Crippen molar-refractivity contribution in [1.82, 2.24) is 20.0 Å². The van der Waals surface area contributed by atoms with Gasteiger partial charge in [0.2, 0.25) is 11.8 Å². The fourth-order valence-corrected chi connectivity index (χ4v) is 3.95. The zero-order valence-corrected chi connectivity index (χ0v) is 20.8. The van der Waals surface area contributed by atoms with Gasteiger partial charge in [0.05, 0.1) is 26.5 Å². The molecule has 0 aliphatic carbocycles. The number of rotatable bonds is 9. The van der Waals surface area contributed by atoms with Gasteiger partial charge in [-0.25, -0.2) is 0 Å². The molecule has 0 bridgehead atoms. The van der Waals surface area contributed by atoms with Crippen LogP contribution in [0.2, 0.25) is 0 Å². The van der Waals surface area contributed by atoms with Crippen LogP contribution in [0.3, 0.4) is 0 Å². The second-order valence-corrected chi connectivity index (χ2v) is 8.72. The second-order valence-electron chi connectivity index (χ2n) is 8.72. The number of benzene rings is 1. The fraction of sp³-hybridized carbons (Fsp3) is 0.520. The van der Waals surface area contributed by atoms with Gasteiger partial charge in [0.15, 0.2) is 5.82 Å². The summed E-state index contributed by atoms with van der Waals surface area (Å²) in [6.07, 6.45) is 0.464. The number of hydrogen-bond acceptors (Lipinski definition) is 7. The number of ether oxygens (including phenoxy) is 2. The third kappa shape index (κ3) is 6.15. The van der Waals surface area contributed by atoms with Gasteiger partial charge in [-0.2, -0.15) is 0 Å². The molecule has 2 heterocycles. The third-order valence-corrected chi connectivity index (χ3v) is 5.93. The number of anilines is 1. The molecule has 1 fully saturated rings. The number of aromatic nitrogens is 2. The van der Waals surface area contributed by atoms with Gasteiger partial charge >= 0.3 is 0 Å². The Hall–Kier alpha value is -3.36. The summed E-state index contributed by atoms with van der Waals surface area (Å²) in [7, 11) is 3.23. The largest absolute Gasteiger partial charge is 0.497 e. The van der Waals surface area contributed by atoms with E-state index in [-0.39, 0.29) is 24.3 Å². The molecular formula is C25H35N5O4. The van der Waals surface area contributed by atoms with Gasteiger partial charge in [-0.15, -0.1) is 10.2 Å². The molecule has 1 aromatic heterocycles. The summed E-state index contributed by atoms with van der Waals surface area (Å²) in [6, 6.07) is 9.44.